The molecule has 0 aromatic heterocycles. The van der Waals surface area contributed by atoms with Gasteiger partial charge in [-0.1, -0.05) is 12.1 Å². The first-order valence-electron chi connectivity index (χ1n) is 4.86. The molecule has 4 nitrogen and oxygen atoms in total. The van der Waals surface area contributed by atoms with Gasteiger partial charge in [-0.2, -0.15) is 5.26 Å². The first-order chi connectivity index (χ1) is 7.69. The van der Waals surface area contributed by atoms with E-state index in [4.69, 9.17) is 5.26 Å². The molecule has 1 N–H and O–H groups in total. The van der Waals surface area contributed by atoms with E-state index in [2.05, 4.69) is 5.32 Å². The molecule has 0 fully saturated rings. The Balaban J connectivity index is 2.71. The van der Waals surface area contributed by atoms with E-state index in [1.165, 1.54) is 23.1 Å². The van der Waals surface area contributed by atoms with Crippen LogP contribution in [0.25, 0.3) is 0 Å². The summed E-state index contributed by atoms with van der Waals surface area (Å²) in [6.45, 7) is 2.13. The number of hydrogen-bond acceptors (Lipinski definition) is 2. The molecule has 0 saturated heterocycles. The van der Waals surface area contributed by atoms with Crippen molar-refractivity contribution < 1.29 is 9.18 Å². The summed E-state index contributed by atoms with van der Waals surface area (Å²) in [5.74, 6) is -0.496. The smallest absolute Gasteiger partial charge is 0.311 e. The van der Waals surface area contributed by atoms with E-state index < -0.39 is 11.8 Å². The molecule has 0 saturated carbocycles. The van der Waals surface area contributed by atoms with Crippen LogP contribution in [0.4, 0.5) is 14.9 Å². The second-order valence-corrected chi connectivity index (χ2v) is 3.08. The molecule has 0 aliphatic heterocycles. The average molecular weight is 221 g/mol. The van der Waals surface area contributed by atoms with Gasteiger partial charge in [-0.15, -0.1) is 0 Å². The zero-order valence-corrected chi connectivity index (χ0v) is 8.90. The third-order valence-corrected chi connectivity index (χ3v) is 2.05. The highest BCUT2D eigenvalue weighted by Gasteiger charge is 2.12. The minimum Gasteiger partial charge on any atom is -0.311 e. The van der Waals surface area contributed by atoms with Crippen LogP contribution in [0.5, 0.6) is 0 Å². The summed E-state index contributed by atoms with van der Waals surface area (Å²) in [7, 11) is 0. The SMILES string of the molecule is CCN(CC#N)C(=O)Nc1ccccc1F. The van der Waals surface area contributed by atoms with E-state index in [-0.39, 0.29) is 12.2 Å². The predicted octanol–water partition coefficient (Wildman–Crippen LogP) is 2.20. The number of carbonyl (C=O) groups is 1. The van der Waals surface area contributed by atoms with Gasteiger partial charge in [0.2, 0.25) is 0 Å². The fourth-order valence-electron chi connectivity index (χ4n) is 1.17. The number of carbonyl (C=O) groups excluding carboxylic acids is 1. The van der Waals surface area contributed by atoms with Gasteiger partial charge < -0.3 is 10.2 Å². The van der Waals surface area contributed by atoms with Gasteiger partial charge in [0.15, 0.2) is 0 Å². The number of anilines is 1. The third-order valence-electron chi connectivity index (χ3n) is 2.05. The summed E-state index contributed by atoms with van der Waals surface area (Å²) in [4.78, 5) is 12.9. The number of benzene rings is 1. The third kappa shape index (κ3) is 2.95. The summed E-state index contributed by atoms with van der Waals surface area (Å²) in [6.07, 6.45) is 0. The summed E-state index contributed by atoms with van der Waals surface area (Å²) in [5, 5.41) is 10.9. The van der Waals surface area contributed by atoms with Crippen molar-refractivity contribution in [2.45, 2.75) is 6.92 Å². The van der Waals surface area contributed by atoms with Crippen LogP contribution in [0.1, 0.15) is 6.92 Å². The van der Waals surface area contributed by atoms with E-state index in [0.717, 1.165) is 0 Å². The second kappa shape index (κ2) is 5.71. The summed E-state index contributed by atoms with van der Waals surface area (Å²) < 4.78 is 13.2. The van der Waals surface area contributed by atoms with E-state index in [1.807, 2.05) is 6.07 Å². The van der Waals surface area contributed by atoms with Crippen LogP contribution in [0.2, 0.25) is 0 Å². The lowest BCUT2D eigenvalue weighted by molar-refractivity contribution is 0.220. The Hall–Kier alpha value is -2.09. The minimum atomic E-state index is -0.496. The topological polar surface area (TPSA) is 56.1 Å². The number of nitrogens with one attached hydrogen (secondary N) is 1. The molecule has 0 spiro atoms. The molecule has 0 bridgehead atoms. The van der Waals surface area contributed by atoms with Gasteiger partial charge in [-0.3, -0.25) is 0 Å². The Morgan fingerprint density at radius 2 is 2.25 bits per heavy atom. The van der Waals surface area contributed by atoms with Crippen LogP contribution in [-0.2, 0) is 0 Å². The van der Waals surface area contributed by atoms with Crippen LogP contribution in [0, 0.1) is 17.1 Å². The fourth-order valence-corrected chi connectivity index (χ4v) is 1.17. The van der Waals surface area contributed by atoms with E-state index in [1.54, 1.807) is 13.0 Å². The number of nitriles is 1. The van der Waals surface area contributed by atoms with Gasteiger partial charge in [-0.05, 0) is 19.1 Å². The molecular weight excluding hydrogens is 209 g/mol. The van der Waals surface area contributed by atoms with E-state index in [9.17, 15) is 9.18 Å². The minimum absolute atomic E-state index is 0.0171. The summed E-state index contributed by atoms with van der Waals surface area (Å²) >= 11 is 0. The molecule has 0 aliphatic rings. The van der Waals surface area contributed by atoms with Crippen molar-refractivity contribution in [2.24, 2.45) is 0 Å². The molecule has 1 aromatic rings. The summed E-state index contributed by atoms with van der Waals surface area (Å²) in [5.41, 5.74) is 0.115. The van der Waals surface area contributed by atoms with Crippen LogP contribution in [0.15, 0.2) is 24.3 Å². The predicted molar refractivity (Wildman–Crippen MR) is 58.3 cm³/mol. The monoisotopic (exact) mass is 221 g/mol. The maximum Gasteiger partial charge on any atom is 0.322 e. The van der Waals surface area contributed by atoms with Crippen molar-refractivity contribution in [3.63, 3.8) is 0 Å². The van der Waals surface area contributed by atoms with Gasteiger partial charge in [0.25, 0.3) is 0 Å². The summed E-state index contributed by atoms with van der Waals surface area (Å²) in [6, 6.07) is 7.28. The molecule has 0 aliphatic carbocycles. The molecule has 0 radical (unpaired) electrons. The van der Waals surface area contributed by atoms with Gasteiger partial charge in [0.05, 0.1) is 11.8 Å². The van der Waals surface area contributed by atoms with Crippen LogP contribution in [0.3, 0.4) is 0 Å². The highest BCUT2D eigenvalue weighted by molar-refractivity contribution is 5.89. The Morgan fingerprint density at radius 3 is 2.81 bits per heavy atom. The van der Waals surface area contributed by atoms with Crippen LogP contribution < -0.4 is 5.32 Å². The number of hydrogen-bond donors (Lipinski definition) is 1. The quantitative estimate of drug-likeness (QED) is 0.795. The van der Waals surface area contributed by atoms with Crippen molar-refractivity contribution in [1.29, 1.82) is 5.26 Å². The largest absolute Gasteiger partial charge is 0.322 e. The molecule has 2 amide bonds. The molecular formula is C11H12FN3O. The van der Waals surface area contributed by atoms with Gasteiger partial charge in [0.1, 0.15) is 12.4 Å². The Bertz CT molecular complexity index is 414. The van der Waals surface area contributed by atoms with E-state index >= 15 is 0 Å². The van der Waals surface area contributed by atoms with Crippen molar-refractivity contribution in [3.8, 4) is 6.07 Å². The van der Waals surface area contributed by atoms with Crippen LogP contribution in [-0.4, -0.2) is 24.0 Å². The number of amides is 2. The van der Waals surface area contributed by atoms with Crippen molar-refractivity contribution in [1.82, 2.24) is 4.90 Å². The standard InChI is InChI=1S/C11H12FN3O/c1-2-15(8-7-13)11(16)14-10-6-4-3-5-9(10)12/h3-6H,2,8H2,1H3,(H,14,16). The van der Waals surface area contributed by atoms with Gasteiger partial charge >= 0.3 is 6.03 Å². The van der Waals surface area contributed by atoms with Crippen LogP contribution >= 0.6 is 0 Å². The van der Waals surface area contributed by atoms with Gasteiger partial charge in [-0.25, -0.2) is 9.18 Å². The number of halogens is 1. The lowest BCUT2D eigenvalue weighted by atomic mass is 10.3. The normalized spacial score (nSPS) is 9.31. The van der Waals surface area contributed by atoms with E-state index in [0.29, 0.717) is 6.54 Å². The molecule has 5 heteroatoms. The molecule has 16 heavy (non-hydrogen) atoms. The average Bonchev–Trinajstić information content (AvgIpc) is 2.29. The number of urea groups is 1. The zero-order valence-electron chi connectivity index (χ0n) is 8.90. The molecule has 0 unspecified atom stereocenters. The Morgan fingerprint density at radius 1 is 1.56 bits per heavy atom. The number of para-hydroxylation sites is 1. The molecule has 0 heterocycles. The van der Waals surface area contributed by atoms with Crippen molar-refractivity contribution in [2.75, 3.05) is 18.4 Å². The maximum absolute atomic E-state index is 13.2. The molecule has 84 valence electrons. The molecule has 1 rings (SSSR count). The first kappa shape index (κ1) is 12.0. The lowest BCUT2D eigenvalue weighted by Crippen LogP contribution is -2.35. The first-order valence-corrected chi connectivity index (χ1v) is 4.86. The fraction of sp³-hybridized carbons (Fsp3) is 0.273. The van der Waals surface area contributed by atoms with Crippen molar-refractivity contribution in [3.05, 3.63) is 30.1 Å². The highest BCUT2D eigenvalue weighted by atomic mass is 19.1. The molecule has 0 atom stereocenters. The zero-order chi connectivity index (χ0) is 12.0. The lowest BCUT2D eigenvalue weighted by Gasteiger charge is -2.17. The van der Waals surface area contributed by atoms with Crippen molar-refractivity contribution >= 4 is 11.7 Å². The van der Waals surface area contributed by atoms with Gasteiger partial charge in [0, 0.05) is 6.54 Å². The number of nitrogens with zero attached hydrogens (tertiary/aromatic N) is 2. The number of rotatable bonds is 3. The molecule has 1 aromatic carbocycles. The Labute approximate surface area is 93.3 Å². The highest BCUT2D eigenvalue weighted by Crippen LogP contribution is 2.12. The second-order valence-electron chi connectivity index (χ2n) is 3.08. The maximum atomic E-state index is 13.2. The Kier molecular flexibility index (Phi) is 4.28.